The molecule has 2 aromatic rings. The molecule has 0 saturated carbocycles. The minimum atomic E-state index is 0.544. The lowest BCUT2D eigenvalue weighted by atomic mass is 10.4. The monoisotopic (exact) mass is 340 g/mol. The summed E-state index contributed by atoms with van der Waals surface area (Å²) >= 11 is 9.93. The maximum atomic E-state index is 5.96. The van der Waals surface area contributed by atoms with Crippen LogP contribution in [0.5, 0.6) is 0 Å². The smallest absolute Gasteiger partial charge is 0.0946 e. The standard InChI is InChI=1S/C16H21ClN2S2/c1-2-3-10-20-12-16(11-19-9-8-18-13-19)21-15-6-4-14(17)5-7-15/h4-9,13,16H,2-3,10-12H2,1H3. The fourth-order valence-electron chi connectivity index (χ4n) is 1.92. The van der Waals surface area contributed by atoms with Crippen LogP contribution in [0.2, 0.25) is 5.02 Å². The Labute approximate surface area is 140 Å². The van der Waals surface area contributed by atoms with Crippen LogP contribution in [0.4, 0.5) is 0 Å². The fraction of sp³-hybridized carbons (Fsp3) is 0.438. The molecule has 1 heterocycles. The zero-order chi connectivity index (χ0) is 14.9. The summed E-state index contributed by atoms with van der Waals surface area (Å²) in [6, 6.07) is 8.13. The van der Waals surface area contributed by atoms with E-state index in [1.165, 1.54) is 23.5 Å². The van der Waals surface area contributed by atoms with Crippen molar-refractivity contribution in [2.45, 2.75) is 36.5 Å². The van der Waals surface area contributed by atoms with Gasteiger partial charge in [-0.3, -0.25) is 0 Å². The summed E-state index contributed by atoms with van der Waals surface area (Å²) < 4.78 is 2.16. The molecule has 0 bridgehead atoms. The van der Waals surface area contributed by atoms with Gasteiger partial charge in [-0.1, -0.05) is 24.9 Å². The number of benzene rings is 1. The Bertz CT molecular complexity index is 500. The molecule has 0 aliphatic heterocycles. The number of unbranched alkanes of at least 4 members (excludes halogenated alkanes) is 1. The highest BCUT2D eigenvalue weighted by molar-refractivity contribution is 8.03. The van der Waals surface area contributed by atoms with Crippen molar-refractivity contribution < 1.29 is 0 Å². The van der Waals surface area contributed by atoms with Crippen LogP contribution in [0, 0.1) is 0 Å². The van der Waals surface area contributed by atoms with Gasteiger partial charge in [0.2, 0.25) is 0 Å². The van der Waals surface area contributed by atoms with E-state index in [-0.39, 0.29) is 0 Å². The van der Waals surface area contributed by atoms with Gasteiger partial charge in [0.15, 0.2) is 0 Å². The molecule has 21 heavy (non-hydrogen) atoms. The normalized spacial score (nSPS) is 12.5. The van der Waals surface area contributed by atoms with E-state index in [0.717, 1.165) is 17.3 Å². The molecule has 0 spiro atoms. The molecule has 1 aromatic carbocycles. The van der Waals surface area contributed by atoms with Crippen molar-refractivity contribution in [3.05, 3.63) is 48.0 Å². The van der Waals surface area contributed by atoms with Crippen molar-refractivity contribution in [2.75, 3.05) is 11.5 Å². The predicted molar refractivity (Wildman–Crippen MR) is 95.6 cm³/mol. The van der Waals surface area contributed by atoms with Gasteiger partial charge in [0.05, 0.1) is 6.33 Å². The third kappa shape index (κ3) is 6.37. The van der Waals surface area contributed by atoms with E-state index in [1.807, 2.05) is 54.4 Å². The lowest BCUT2D eigenvalue weighted by Gasteiger charge is -2.17. The lowest BCUT2D eigenvalue weighted by Crippen LogP contribution is -2.15. The molecule has 114 valence electrons. The maximum absolute atomic E-state index is 5.96. The van der Waals surface area contributed by atoms with E-state index in [4.69, 9.17) is 11.6 Å². The molecule has 1 atom stereocenters. The van der Waals surface area contributed by atoms with E-state index in [2.05, 4.69) is 28.6 Å². The van der Waals surface area contributed by atoms with Gasteiger partial charge in [0.25, 0.3) is 0 Å². The second-order valence-corrected chi connectivity index (χ2v) is 7.84. The Balaban J connectivity index is 1.91. The van der Waals surface area contributed by atoms with Gasteiger partial charge in [-0.05, 0) is 36.4 Å². The van der Waals surface area contributed by atoms with Crippen LogP contribution >= 0.6 is 35.1 Å². The van der Waals surface area contributed by atoms with Gasteiger partial charge in [-0.25, -0.2) is 4.98 Å². The van der Waals surface area contributed by atoms with Crippen LogP contribution in [-0.4, -0.2) is 26.3 Å². The molecule has 0 aliphatic carbocycles. The van der Waals surface area contributed by atoms with Crippen molar-refractivity contribution in [2.24, 2.45) is 0 Å². The number of thioether (sulfide) groups is 2. The number of rotatable bonds is 9. The van der Waals surface area contributed by atoms with Crippen molar-refractivity contribution in [3.63, 3.8) is 0 Å². The maximum Gasteiger partial charge on any atom is 0.0946 e. The largest absolute Gasteiger partial charge is 0.336 e. The van der Waals surface area contributed by atoms with Crippen molar-refractivity contribution >= 4 is 35.1 Å². The van der Waals surface area contributed by atoms with Gasteiger partial charge in [0, 0.05) is 39.9 Å². The van der Waals surface area contributed by atoms with Gasteiger partial charge in [-0.2, -0.15) is 11.8 Å². The predicted octanol–water partition coefficient (Wildman–Crippen LogP) is 5.23. The summed E-state index contributed by atoms with van der Waals surface area (Å²) in [7, 11) is 0. The Morgan fingerprint density at radius 2 is 2.10 bits per heavy atom. The van der Waals surface area contributed by atoms with Gasteiger partial charge in [0.1, 0.15) is 0 Å². The van der Waals surface area contributed by atoms with E-state index in [9.17, 15) is 0 Å². The van der Waals surface area contributed by atoms with Gasteiger partial charge >= 0.3 is 0 Å². The van der Waals surface area contributed by atoms with Crippen molar-refractivity contribution in [1.82, 2.24) is 9.55 Å². The number of hydrogen-bond donors (Lipinski definition) is 0. The van der Waals surface area contributed by atoms with E-state index in [0.29, 0.717) is 5.25 Å². The minimum absolute atomic E-state index is 0.544. The molecule has 0 N–H and O–H groups in total. The average Bonchev–Trinajstić information content (AvgIpc) is 2.99. The summed E-state index contributed by atoms with van der Waals surface area (Å²) in [6.45, 7) is 3.23. The first-order valence-electron chi connectivity index (χ1n) is 7.23. The molecule has 2 rings (SSSR count). The van der Waals surface area contributed by atoms with Crippen molar-refractivity contribution in [3.8, 4) is 0 Å². The third-order valence-corrected chi connectivity index (χ3v) is 5.91. The molecular formula is C16H21ClN2S2. The molecule has 1 aromatic heterocycles. The summed E-state index contributed by atoms with van der Waals surface area (Å²) in [5.41, 5.74) is 0. The van der Waals surface area contributed by atoms with Crippen molar-refractivity contribution in [1.29, 1.82) is 0 Å². The second-order valence-electron chi connectivity index (χ2n) is 4.88. The third-order valence-electron chi connectivity index (χ3n) is 3.04. The Kier molecular flexibility index (Phi) is 7.54. The number of hydrogen-bond acceptors (Lipinski definition) is 3. The topological polar surface area (TPSA) is 17.8 Å². The Morgan fingerprint density at radius 3 is 2.76 bits per heavy atom. The van der Waals surface area contributed by atoms with Crippen LogP contribution in [0.3, 0.4) is 0 Å². The molecule has 2 nitrogen and oxygen atoms in total. The molecular weight excluding hydrogens is 320 g/mol. The molecule has 0 amide bonds. The number of aromatic nitrogens is 2. The first kappa shape index (κ1) is 16.8. The first-order chi connectivity index (χ1) is 10.3. The SMILES string of the molecule is CCCCSCC(Cn1ccnc1)Sc1ccc(Cl)cc1. The van der Waals surface area contributed by atoms with E-state index < -0.39 is 0 Å². The van der Waals surface area contributed by atoms with E-state index >= 15 is 0 Å². The van der Waals surface area contributed by atoms with Gasteiger partial charge in [-0.15, -0.1) is 11.8 Å². The molecule has 5 heteroatoms. The number of imidazole rings is 1. The van der Waals surface area contributed by atoms with Crippen LogP contribution in [-0.2, 0) is 6.54 Å². The number of halogens is 1. The van der Waals surface area contributed by atoms with Crippen LogP contribution in [0.25, 0.3) is 0 Å². The summed E-state index contributed by atoms with van der Waals surface area (Å²) in [5, 5.41) is 1.34. The highest BCUT2D eigenvalue weighted by Gasteiger charge is 2.11. The zero-order valence-electron chi connectivity index (χ0n) is 12.2. The molecule has 0 saturated heterocycles. The summed E-state index contributed by atoms with van der Waals surface area (Å²) in [5.74, 6) is 2.41. The molecule has 0 aliphatic rings. The van der Waals surface area contributed by atoms with Crippen LogP contribution in [0.15, 0.2) is 47.9 Å². The molecule has 1 unspecified atom stereocenters. The lowest BCUT2D eigenvalue weighted by molar-refractivity contribution is 0.695. The minimum Gasteiger partial charge on any atom is -0.336 e. The quantitative estimate of drug-likeness (QED) is 0.459. The van der Waals surface area contributed by atoms with Gasteiger partial charge < -0.3 is 4.57 Å². The average molecular weight is 341 g/mol. The van der Waals surface area contributed by atoms with Crippen LogP contribution < -0.4 is 0 Å². The Hall–Kier alpha value is -0.580. The summed E-state index contributed by atoms with van der Waals surface area (Å²) in [6.07, 6.45) is 8.34. The first-order valence-corrected chi connectivity index (χ1v) is 9.65. The highest BCUT2D eigenvalue weighted by Crippen LogP contribution is 2.28. The molecule has 0 fully saturated rings. The summed E-state index contributed by atoms with van der Waals surface area (Å²) in [4.78, 5) is 5.41. The van der Waals surface area contributed by atoms with Crippen LogP contribution in [0.1, 0.15) is 19.8 Å². The number of nitrogens with zero attached hydrogens (tertiary/aromatic N) is 2. The second kappa shape index (κ2) is 9.44. The fourth-order valence-corrected chi connectivity index (χ4v) is 4.56. The highest BCUT2D eigenvalue weighted by atomic mass is 35.5. The Morgan fingerprint density at radius 1 is 1.29 bits per heavy atom. The van der Waals surface area contributed by atoms with E-state index in [1.54, 1.807) is 0 Å². The zero-order valence-corrected chi connectivity index (χ0v) is 14.6. The molecule has 0 radical (unpaired) electrons.